The SMILES string of the molecule is CC(=O)Nc1nc2c(s1)-c1c(c(OC(=O)O)nn1-c1ccccc1)CC2. The molecule has 4 rings (SSSR count). The minimum Gasteiger partial charge on any atom is -0.449 e. The van der Waals surface area contributed by atoms with Crippen LogP contribution in [0.3, 0.4) is 0 Å². The smallest absolute Gasteiger partial charge is 0.449 e. The number of carbonyl (C=O) groups is 2. The van der Waals surface area contributed by atoms with E-state index in [-0.39, 0.29) is 11.8 Å². The van der Waals surface area contributed by atoms with Crippen LogP contribution in [0.1, 0.15) is 18.2 Å². The summed E-state index contributed by atoms with van der Waals surface area (Å²) >= 11 is 1.34. The summed E-state index contributed by atoms with van der Waals surface area (Å²) in [5.74, 6) is -0.112. The molecule has 0 spiro atoms. The summed E-state index contributed by atoms with van der Waals surface area (Å²) in [5.41, 5.74) is 3.11. The monoisotopic (exact) mass is 370 g/mol. The summed E-state index contributed by atoms with van der Waals surface area (Å²) in [6.07, 6.45) is -0.227. The molecule has 1 aromatic carbocycles. The van der Waals surface area contributed by atoms with Crippen LogP contribution in [0.15, 0.2) is 30.3 Å². The second-order valence-corrected chi connectivity index (χ2v) is 6.72. The van der Waals surface area contributed by atoms with Crippen LogP contribution in [0.4, 0.5) is 9.93 Å². The Morgan fingerprint density at radius 1 is 1.27 bits per heavy atom. The lowest BCUT2D eigenvalue weighted by Gasteiger charge is -2.13. The van der Waals surface area contributed by atoms with E-state index in [0.29, 0.717) is 18.0 Å². The molecular weight excluding hydrogens is 356 g/mol. The molecule has 0 bridgehead atoms. The molecule has 26 heavy (non-hydrogen) atoms. The molecule has 3 aromatic rings. The molecule has 2 heterocycles. The molecule has 0 radical (unpaired) electrons. The standard InChI is InChI=1S/C17H14N4O4S/c1-9(22)18-16-19-12-8-7-11-13(14(12)26-16)21(10-5-3-2-4-6-10)20-15(11)25-17(23)24/h2-6H,7-8H2,1H3,(H,23,24)(H,18,19,22). The van der Waals surface area contributed by atoms with E-state index in [4.69, 9.17) is 9.84 Å². The quantitative estimate of drug-likeness (QED) is 0.686. The molecular formula is C17H14N4O4S. The van der Waals surface area contributed by atoms with Gasteiger partial charge in [0.05, 0.1) is 22.0 Å². The topological polar surface area (TPSA) is 106 Å². The molecule has 1 aliphatic rings. The van der Waals surface area contributed by atoms with Crippen LogP contribution < -0.4 is 10.1 Å². The molecule has 2 N–H and O–H groups in total. The maximum absolute atomic E-state index is 11.3. The summed E-state index contributed by atoms with van der Waals surface area (Å²) in [7, 11) is 0. The van der Waals surface area contributed by atoms with E-state index in [0.717, 1.165) is 27.5 Å². The van der Waals surface area contributed by atoms with Crippen LogP contribution >= 0.6 is 11.3 Å². The maximum Gasteiger partial charge on any atom is 0.512 e. The third kappa shape index (κ3) is 2.82. The summed E-state index contributed by atoms with van der Waals surface area (Å²) in [6, 6.07) is 9.39. The zero-order chi connectivity index (χ0) is 18.3. The second kappa shape index (κ2) is 6.26. The molecule has 0 saturated carbocycles. The van der Waals surface area contributed by atoms with E-state index >= 15 is 0 Å². The number of carboxylic acid groups (broad SMARTS) is 1. The van der Waals surface area contributed by atoms with Gasteiger partial charge in [0.1, 0.15) is 0 Å². The normalized spacial score (nSPS) is 12.2. The highest BCUT2D eigenvalue weighted by Crippen LogP contribution is 2.43. The molecule has 8 nitrogen and oxygen atoms in total. The zero-order valence-corrected chi connectivity index (χ0v) is 14.5. The van der Waals surface area contributed by atoms with Gasteiger partial charge in [-0.1, -0.05) is 29.5 Å². The van der Waals surface area contributed by atoms with Gasteiger partial charge in [0.2, 0.25) is 11.8 Å². The van der Waals surface area contributed by atoms with Gasteiger partial charge in [-0.25, -0.2) is 14.5 Å². The molecule has 0 fully saturated rings. The number of anilines is 1. The third-order valence-corrected chi connectivity index (χ3v) is 4.96. The Hall–Kier alpha value is -3.20. The minimum atomic E-state index is -1.40. The van der Waals surface area contributed by atoms with Crippen LogP contribution in [0.2, 0.25) is 0 Å². The lowest BCUT2D eigenvalue weighted by Crippen LogP contribution is -2.08. The number of nitrogens with zero attached hydrogens (tertiary/aromatic N) is 3. The summed E-state index contributed by atoms with van der Waals surface area (Å²) in [4.78, 5) is 27.7. The molecule has 132 valence electrons. The largest absolute Gasteiger partial charge is 0.512 e. The van der Waals surface area contributed by atoms with Gasteiger partial charge in [-0.3, -0.25) is 4.79 Å². The van der Waals surface area contributed by atoms with Gasteiger partial charge in [0.25, 0.3) is 0 Å². The first-order valence-electron chi connectivity index (χ1n) is 7.88. The number of hydrogen-bond acceptors (Lipinski definition) is 6. The number of rotatable bonds is 3. The lowest BCUT2D eigenvalue weighted by atomic mass is 9.99. The lowest BCUT2D eigenvalue weighted by molar-refractivity contribution is -0.114. The van der Waals surface area contributed by atoms with Crippen molar-refractivity contribution in [3.63, 3.8) is 0 Å². The number of thiazole rings is 1. The number of aromatic nitrogens is 3. The fourth-order valence-electron chi connectivity index (χ4n) is 2.96. The van der Waals surface area contributed by atoms with Crippen molar-refractivity contribution in [1.82, 2.24) is 14.8 Å². The number of amides is 1. The van der Waals surface area contributed by atoms with Crippen molar-refractivity contribution in [2.24, 2.45) is 0 Å². The van der Waals surface area contributed by atoms with Crippen LogP contribution in [0.5, 0.6) is 5.88 Å². The Bertz CT molecular complexity index is 1010. The van der Waals surface area contributed by atoms with Crippen molar-refractivity contribution in [3.8, 4) is 22.1 Å². The molecule has 0 saturated heterocycles. The van der Waals surface area contributed by atoms with E-state index in [2.05, 4.69) is 15.4 Å². The summed E-state index contributed by atoms with van der Waals surface area (Å²) in [6.45, 7) is 1.43. The van der Waals surface area contributed by atoms with E-state index in [1.165, 1.54) is 18.3 Å². The molecule has 0 unspecified atom stereocenters. The number of nitrogens with one attached hydrogen (secondary N) is 1. The average Bonchev–Trinajstić information content (AvgIpc) is 3.15. The van der Waals surface area contributed by atoms with Crippen LogP contribution in [0.25, 0.3) is 16.3 Å². The number of ether oxygens (including phenoxy) is 1. The molecule has 1 aliphatic carbocycles. The van der Waals surface area contributed by atoms with Crippen LogP contribution in [-0.4, -0.2) is 31.9 Å². The predicted molar refractivity (Wildman–Crippen MR) is 95.0 cm³/mol. The Morgan fingerprint density at radius 2 is 2.04 bits per heavy atom. The van der Waals surface area contributed by atoms with E-state index in [1.807, 2.05) is 30.3 Å². The summed E-state index contributed by atoms with van der Waals surface area (Å²) in [5, 5.41) is 16.6. The Labute approximate surface area is 152 Å². The van der Waals surface area contributed by atoms with Crippen molar-refractivity contribution >= 4 is 28.5 Å². The van der Waals surface area contributed by atoms with Crippen molar-refractivity contribution in [2.75, 3.05) is 5.32 Å². The number of aryl methyl sites for hydroxylation is 1. The minimum absolute atomic E-state index is 0.0801. The highest BCUT2D eigenvalue weighted by molar-refractivity contribution is 7.19. The Morgan fingerprint density at radius 3 is 2.73 bits per heavy atom. The van der Waals surface area contributed by atoms with Crippen LogP contribution in [0, 0.1) is 0 Å². The van der Waals surface area contributed by atoms with Crippen molar-refractivity contribution in [2.45, 2.75) is 19.8 Å². The van der Waals surface area contributed by atoms with Gasteiger partial charge in [0.15, 0.2) is 5.13 Å². The number of hydrogen-bond donors (Lipinski definition) is 2. The first kappa shape index (κ1) is 16.3. The number of fused-ring (bicyclic) bond motifs is 3. The molecule has 0 aliphatic heterocycles. The van der Waals surface area contributed by atoms with E-state index in [9.17, 15) is 9.59 Å². The molecule has 0 atom stereocenters. The number of para-hydroxylation sites is 1. The number of carbonyl (C=O) groups excluding carboxylic acids is 1. The third-order valence-electron chi connectivity index (χ3n) is 3.94. The van der Waals surface area contributed by atoms with Crippen LogP contribution in [-0.2, 0) is 17.6 Å². The summed E-state index contributed by atoms with van der Waals surface area (Å²) < 4.78 is 6.57. The highest BCUT2D eigenvalue weighted by atomic mass is 32.1. The fraction of sp³-hybridized carbons (Fsp3) is 0.176. The Balaban J connectivity index is 1.90. The van der Waals surface area contributed by atoms with E-state index < -0.39 is 6.16 Å². The van der Waals surface area contributed by atoms with Gasteiger partial charge in [0, 0.05) is 12.5 Å². The second-order valence-electron chi connectivity index (χ2n) is 5.72. The van der Waals surface area contributed by atoms with Crippen molar-refractivity contribution in [3.05, 3.63) is 41.6 Å². The van der Waals surface area contributed by atoms with Gasteiger partial charge in [-0.05, 0) is 25.0 Å². The fourth-order valence-corrected chi connectivity index (χ4v) is 4.08. The number of benzene rings is 1. The van der Waals surface area contributed by atoms with Crippen molar-refractivity contribution in [1.29, 1.82) is 0 Å². The van der Waals surface area contributed by atoms with E-state index in [1.54, 1.807) is 4.68 Å². The van der Waals surface area contributed by atoms with Gasteiger partial charge in [-0.2, -0.15) is 0 Å². The molecule has 1 amide bonds. The first-order valence-corrected chi connectivity index (χ1v) is 8.70. The average molecular weight is 370 g/mol. The van der Waals surface area contributed by atoms with Gasteiger partial charge >= 0.3 is 6.16 Å². The molecule has 9 heteroatoms. The Kier molecular flexibility index (Phi) is 3.92. The van der Waals surface area contributed by atoms with Gasteiger partial charge in [-0.15, -0.1) is 5.10 Å². The zero-order valence-electron chi connectivity index (χ0n) is 13.7. The molecule has 2 aromatic heterocycles. The first-order chi connectivity index (χ1) is 12.5. The van der Waals surface area contributed by atoms with Gasteiger partial charge < -0.3 is 15.2 Å². The highest BCUT2D eigenvalue weighted by Gasteiger charge is 2.31. The van der Waals surface area contributed by atoms with Crippen molar-refractivity contribution < 1.29 is 19.4 Å². The maximum atomic E-state index is 11.3. The predicted octanol–water partition coefficient (Wildman–Crippen LogP) is 3.11.